The van der Waals surface area contributed by atoms with Crippen LogP contribution in [-0.4, -0.2) is 30.8 Å². The van der Waals surface area contributed by atoms with E-state index < -0.39 is 0 Å². The van der Waals surface area contributed by atoms with Crippen LogP contribution in [0.1, 0.15) is 33.4 Å². The lowest BCUT2D eigenvalue weighted by Crippen LogP contribution is -2.28. The lowest BCUT2D eigenvalue weighted by atomic mass is 10.1. The molecule has 7 heteroatoms. The Kier molecular flexibility index (Phi) is 11.7. The van der Waals surface area contributed by atoms with Gasteiger partial charge in [0, 0.05) is 13.1 Å². The van der Waals surface area contributed by atoms with Gasteiger partial charge in [0.15, 0.2) is 19.0 Å². The first-order chi connectivity index (χ1) is 21.3. The Morgan fingerprint density at radius 3 is 1.27 bits per heavy atom. The molecule has 0 aliphatic heterocycles. The quantitative estimate of drug-likeness (QED) is 0.177. The first-order valence-corrected chi connectivity index (χ1v) is 14.3. The molecule has 0 saturated heterocycles. The minimum atomic E-state index is -0.203. The predicted octanol–water partition coefficient (Wildman–Crippen LogP) is 5.99. The number of amides is 2. The van der Waals surface area contributed by atoms with Crippen molar-refractivity contribution in [1.29, 1.82) is 0 Å². The van der Waals surface area contributed by atoms with E-state index in [1.165, 1.54) is 23.3 Å². The molecule has 0 saturated carbocycles. The summed E-state index contributed by atoms with van der Waals surface area (Å²) in [4.78, 5) is 36.5. The van der Waals surface area contributed by atoms with Gasteiger partial charge >= 0.3 is 0 Å². The number of aryl methyl sites for hydroxylation is 2. The standard InChI is InChI=1S/C37H36N2O5/c1-27-3-7-31(8-4-27)23-38-36(41)25-43-34-19-13-29(14-20-34)11-17-33(40)18-12-30-15-21-35(22-16-30)44-26-37(42)39-24-32-9-5-28(2)6-10-32/h3-22H,23-26H2,1-2H3,(H,38,41)(H,39,42)/b17-11+,18-12+. The number of hydrogen-bond donors (Lipinski definition) is 2. The fourth-order valence-corrected chi connectivity index (χ4v) is 3.98. The molecule has 0 heterocycles. The monoisotopic (exact) mass is 588 g/mol. The molecule has 4 aromatic rings. The summed E-state index contributed by atoms with van der Waals surface area (Å²) in [5.74, 6) is 0.557. The van der Waals surface area contributed by atoms with Crippen molar-refractivity contribution in [3.63, 3.8) is 0 Å². The molecule has 44 heavy (non-hydrogen) atoms. The van der Waals surface area contributed by atoms with Crippen LogP contribution in [0.5, 0.6) is 11.5 Å². The molecule has 224 valence electrons. The first kappa shape index (κ1) is 31.5. The van der Waals surface area contributed by atoms with Crippen molar-refractivity contribution in [2.24, 2.45) is 0 Å². The minimum Gasteiger partial charge on any atom is -0.484 e. The second-order valence-electron chi connectivity index (χ2n) is 10.3. The second kappa shape index (κ2) is 16.3. The van der Waals surface area contributed by atoms with E-state index in [1.807, 2.05) is 86.6 Å². The van der Waals surface area contributed by atoms with Gasteiger partial charge in [0.2, 0.25) is 0 Å². The molecular formula is C37H36N2O5. The molecular weight excluding hydrogens is 552 g/mol. The molecule has 0 spiro atoms. The number of benzene rings is 4. The van der Waals surface area contributed by atoms with Gasteiger partial charge < -0.3 is 20.1 Å². The summed E-state index contributed by atoms with van der Waals surface area (Å²) in [6.45, 7) is 4.77. The Morgan fingerprint density at radius 2 is 0.909 bits per heavy atom. The number of nitrogens with one attached hydrogen (secondary N) is 2. The molecule has 7 nitrogen and oxygen atoms in total. The number of ketones is 1. The Bertz CT molecular complexity index is 1470. The van der Waals surface area contributed by atoms with Crippen LogP contribution in [0.3, 0.4) is 0 Å². The van der Waals surface area contributed by atoms with Gasteiger partial charge in [-0.2, -0.15) is 0 Å². The van der Waals surface area contributed by atoms with E-state index >= 15 is 0 Å². The highest BCUT2D eigenvalue weighted by atomic mass is 16.5. The van der Waals surface area contributed by atoms with Gasteiger partial charge in [-0.1, -0.05) is 96.1 Å². The van der Waals surface area contributed by atoms with Crippen LogP contribution in [0.4, 0.5) is 0 Å². The molecule has 0 aromatic heterocycles. The van der Waals surface area contributed by atoms with Gasteiger partial charge in [-0.15, -0.1) is 0 Å². The molecule has 0 atom stereocenters. The van der Waals surface area contributed by atoms with Crippen LogP contribution in [0.25, 0.3) is 12.2 Å². The van der Waals surface area contributed by atoms with Crippen LogP contribution in [0, 0.1) is 13.8 Å². The normalized spacial score (nSPS) is 11.0. The van der Waals surface area contributed by atoms with Gasteiger partial charge in [-0.3, -0.25) is 14.4 Å². The van der Waals surface area contributed by atoms with Crippen molar-refractivity contribution < 1.29 is 23.9 Å². The van der Waals surface area contributed by atoms with Crippen LogP contribution in [0.2, 0.25) is 0 Å². The highest BCUT2D eigenvalue weighted by Gasteiger charge is 2.05. The van der Waals surface area contributed by atoms with Crippen LogP contribution < -0.4 is 20.1 Å². The van der Waals surface area contributed by atoms with Crippen molar-refractivity contribution in [2.45, 2.75) is 26.9 Å². The lowest BCUT2D eigenvalue weighted by Gasteiger charge is -2.08. The van der Waals surface area contributed by atoms with Crippen molar-refractivity contribution in [1.82, 2.24) is 10.6 Å². The summed E-state index contributed by atoms with van der Waals surface area (Å²) in [6, 6.07) is 30.2. The molecule has 0 unspecified atom stereocenters. The third-order valence-electron chi connectivity index (χ3n) is 6.60. The number of carbonyl (C=O) groups is 3. The summed E-state index contributed by atoms with van der Waals surface area (Å²) < 4.78 is 11.1. The summed E-state index contributed by atoms with van der Waals surface area (Å²) in [6.07, 6.45) is 6.40. The molecule has 0 bridgehead atoms. The number of carbonyl (C=O) groups excluding carboxylic acids is 3. The van der Waals surface area contributed by atoms with E-state index in [2.05, 4.69) is 10.6 Å². The topological polar surface area (TPSA) is 93.7 Å². The predicted molar refractivity (Wildman–Crippen MR) is 173 cm³/mol. The van der Waals surface area contributed by atoms with Crippen LogP contribution in [0.15, 0.2) is 109 Å². The molecule has 2 amide bonds. The summed E-state index contributed by atoms with van der Waals surface area (Å²) in [5, 5.41) is 5.68. The molecule has 0 fully saturated rings. The largest absolute Gasteiger partial charge is 0.484 e. The lowest BCUT2D eigenvalue weighted by molar-refractivity contribution is -0.124. The zero-order valence-corrected chi connectivity index (χ0v) is 24.9. The Labute approximate surface area is 258 Å². The van der Waals surface area contributed by atoms with E-state index in [4.69, 9.17) is 9.47 Å². The number of rotatable bonds is 14. The average Bonchev–Trinajstić information content (AvgIpc) is 3.05. The summed E-state index contributed by atoms with van der Waals surface area (Å²) in [7, 11) is 0. The maximum absolute atomic E-state index is 12.3. The molecule has 0 radical (unpaired) electrons. The van der Waals surface area contributed by atoms with Crippen LogP contribution in [-0.2, 0) is 27.5 Å². The maximum Gasteiger partial charge on any atom is 0.258 e. The first-order valence-electron chi connectivity index (χ1n) is 14.3. The second-order valence-corrected chi connectivity index (χ2v) is 10.3. The average molecular weight is 589 g/mol. The fourth-order valence-electron chi connectivity index (χ4n) is 3.98. The third-order valence-corrected chi connectivity index (χ3v) is 6.60. The molecule has 4 aromatic carbocycles. The van der Waals surface area contributed by atoms with Crippen molar-refractivity contribution in [3.8, 4) is 11.5 Å². The zero-order chi connectivity index (χ0) is 31.1. The summed E-state index contributed by atoms with van der Waals surface area (Å²) >= 11 is 0. The number of ether oxygens (including phenoxy) is 2. The van der Waals surface area contributed by atoms with E-state index in [0.29, 0.717) is 24.6 Å². The number of allylic oxidation sites excluding steroid dienone is 2. The molecule has 2 N–H and O–H groups in total. The smallest absolute Gasteiger partial charge is 0.258 e. The third kappa shape index (κ3) is 11.1. The summed E-state index contributed by atoms with van der Waals surface area (Å²) in [5.41, 5.74) is 6.05. The maximum atomic E-state index is 12.3. The SMILES string of the molecule is Cc1ccc(CNC(=O)COc2ccc(/C=C/C(=O)/C=C/c3ccc(OCC(=O)NCc4ccc(C)cc4)cc3)cc2)cc1. The molecule has 0 aliphatic carbocycles. The Morgan fingerprint density at radius 1 is 0.545 bits per heavy atom. The Balaban J connectivity index is 1.14. The van der Waals surface area contributed by atoms with Crippen molar-refractivity contribution in [3.05, 3.63) is 143 Å². The zero-order valence-electron chi connectivity index (χ0n) is 24.9. The van der Waals surface area contributed by atoms with Gasteiger partial charge in [0.25, 0.3) is 11.8 Å². The Hall–Kier alpha value is -5.43. The van der Waals surface area contributed by atoms with Gasteiger partial charge in [-0.25, -0.2) is 0 Å². The van der Waals surface area contributed by atoms with Crippen molar-refractivity contribution in [2.75, 3.05) is 13.2 Å². The van der Waals surface area contributed by atoms with Crippen LogP contribution >= 0.6 is 0 Å². The highest BCUT2D eigenvalue weighted by molar-refractivity contribution is 6.04. The highest BCUT2D eigenvalue weighted by Crippen LogP contribution is 2.15. The van der Waals surface area contributed by atoms with Gasteiger partial charge in [-0.05, 0) is 72.5 Å². The van der Waals surface area contributed by atoms with Crippen molar-refractivity contribution >= 4 is 29.7 Å². The minimum absolute atomic E-state index is 0.0820. The molecule has 4 rings (SSSR count). The van der Waals surface area contributed by atoms with E-state index in [-0.39, 0.29) is 30.8 Å². The fraction of sp³-hybridized carbons (Fsp3) is 0.162. The van der Waals surface area contributed by atoms with Gasteiger partial charge in [0.05, 0.1) is 0 Å². The number of hydrogen-bond acceptors (Lipinski definition) is 5. The van der Waals surface area contributed by atoms with E-state index in [9.17, 15) is 14.4 Å². The van der Waals surface area contributed by atoms with Gasteiger partial charge in [0.1, 0.15) is 11.5 Å². The molecule has 0 aliphatic rings. The van der Waals surface area contributed by atoms with E-state index in [1.54, 1.807) is 36.4 Å². The van der Waals surface area contributed by atoms with E-state index in [0.717, 1.165) is 22.3 Å².